The molecule has 5 aromatic rings. The molecule has 4 aromatic heterocycles. The molecule has 0 radical (unpaired) electrons. The number of hydrogen-bond donors (Lipinski definition) is 3. The van der Waals surface area contributed by atoms with Crippen LogP contribution in [0.5, 0.6) is 0 Å². The molecule has 1 fully saturated rings. The zero-order valence-electron chi connectivity index (χ0n) is 21.3. The number of aromatic nitrogens is 7. The quantitative estimate of drug-likeness (QED) is 0.166. The summed E-state index contributed by atoms with van der Waals surface area (Å²) in [6, 6.07) is 7.22. The molecule has 1 aliphatic rings. The first kappa shape index (κ1) is 29.2. The van der Waals surface area contributed by atoms with Crippen molar-refractivity contribution in [3.05, 3.63) is 58.1 Å². The largest absolute Gasteiger partial charge is 1.00 e. The first-order valence-electron chi connectivity index (χ1n) is 12.1. The van der Waals surface area contributed by atoms with Crippen LogP contribution in [0.1, 0.15) is 21.3 Å². The smallest absolute Gasteiger partial charge is 0.330 e. The molecular weight excluding hydrogens is 707 g/mol. The first-order chi connectivity index (χ1) is 19.2. The van der Waals surface area contributed by atoms with E-state index in [-0.39, 0.29) is 61.0 Å². The van der Waals surface area contributed by atoms with Crippen LogP contribution >= 0.6 is 22.9 Å². The number of aryl methyl sites for hydroxylation is 1. The minimum Gasteiger partial charge on any atom is -1.00 e. The highest BCUT2D eigenvalue weighted by atomic mass is 127. The number of sulfonamides is 1. The Kier molecular flexibility index (Phi) is 8.24. The van der Waals surface area contributed by atoms with Gasteiger partial charge >= 0.3 is 10.9 Å². The topological polar surface area (TPSA) is 184 Å². The summed E-state index contributed by atoms with van der Waals surface area (Å²) >= 11 is 7.28. The monoisotopic (exact) mass is 728 g/mol. The molecule has 0 saturated carbocycles. The highest BCUT2D eigenvalue weighted by Gasteiger charge is 2.42. The van der Waals surface area contributed by atoms with E-state index in [0.29, 0.717) is 20.9 Å². The summed E-state index contributed by atoms with van der Waals surface area (Å²) < 4.78 is 29.2. The summed E-state index contributed by atoms with van der Waals surface area (Å²) in [7, 11) is -4.04. The van der Waals surface area contributed by atoms with Crippen molar-refractivity contribution in [2.75, 3.05) is 19.6 Å². The van der Waals surface area contributed by atoms with Crippen LogP contribution in [-0.2, 0) is 21.4 Å². The fourth-order valence-corrected chi connectivity index (χ4v) is 7.10. The highest BCUT2D eigenvalue weighted by Crippen LogP contribution is 2.27. The highest BCUT2D eigenvalue weighted by molar-refractivity contribution is 7.89. The van der Waals surface area contributed by atoms with Gasteiger partial charge in [0.1, 0.15) is 15.8 Å². The van der Waals surface area contributed by atoms with E-state index in [2.05, 4.69) is 40.9 Å². The van der Waals surface area contributed by atoms with Crippen LogP contribution < -0.4 is 34.3 Å². The number of aromatic amines is 3. The van der Waals surface area contributed by atoms with Crippen molar-refractivity contribution in [3.8, 4) is 0 Å². The van der Waals surface area contributed by atoms with Crippen molar-refractivity contribution in [3.63, 3.8) is 0 Å². The lowest BCUT2D eigenvalue weighted by Gasteiger charge is -2.38. The molecule has 1 atom stereocenters. The van der Waals surface area contributed by atoms with E-state index < -0.39 is 27.9 Å². The number of fused-ring (bicyclic) bond motifs is 2. The average Bonchev–Trinajstić information content (AvgIpc) is 3.70. The van der Waals surface area contributed by atoms with Gasteiger partial charge in [-0.05, 0) is 31.2 Å². The summed E-state index contributed by atoms with van der Waals surface area (Å²) in [5.41, 5.74) is 2.15. The summed E-state index contributed by atoms with van der Waals surface area (Å²) in [6.45, 7) is 1.52. The standard InChI is InChI=1S/C23H21ClN10O4S2.HI/c1-12-6-16-18(9-25-12)39-22(28-16)23(36)34-5-4-33(11-17(34)21(35)26-10-19-29-31-32-30-19)40(37,38)20-8-13-7-14(24)2-3-15(13)27-20;/h2-3,6-9,17,27H,4-5,10-11H2,1H3,(H,26,35)(H,29,30,31,32);1H. The Labute approximate surface area is 258 Å². The maximum atomic E-state index is 13.7. The molecule has 1 aromatic carbocycles. The summed E-state index contributed by atoms with van der Waals surface area (Å²) in [4.78, 5) is 38.7. The van der Waals surface area contributed by atoms with Crippen molar-refractivity contribution < 1.29 is 47.0 Å². The normalized spacial score (nSPS) is 16.1. The number of nitrogens with one attached hydrogen (secondary N) is 4. The van der Waals surface area contributed by atoms with E-state index in [9.17, 15) is 18.0 Å². The van der Waals surface area contributed by atoms with Crippen LogP contribution in [0.15, 0.2) is 41.6 Å². The lowest BCUT2D eigenvalue weighted by Crippen LogP contribution is -3.00. The molecule has 2 amide bonds. The Morgan fingerprint density at radius 3 is 2.85 bits per heavy atom. The molecule has 214 valence electrons. The minimum atomic E-state index is -4.04. The molecule has 5 heterocycles. The zero-order valence-corrected chi connectivity index (χ0v) is 25.8. The van der Waals surface area contributed by atoms with E-state index in [0.717, 1.165) is 15.9 Å². The Morgan fingerprint density at radius 1 is 1.24 bits per heavy atom. The molecule has 14 nitrogen and oxygen atoms in total. The number of carbonyl (C=O) groups excluding carboxylic acids is 2. The molecule has 6 rings (SSSR count). The van der Waals surface area contributed by atoms with Gasteiger partial charge in [0.05, 0.1) is 12.7 Å². The van der Waals surface area contributed by atoms with Gasteiger partial charge in [0.15, 0.2) is 5.82 Å². The van der Waals surface area contributed by atoms with Gasteiger partial charge in [-0.3, -0.25) is 14.6 Å². The Hall–Kier alpha value is -3.26. The molecule has 4 N–H and O–H groups in total. The number of amides is 2. The summed E-state index contributed by atoms with van der Waals surface area (Å²) in [6.07, 6.45) is 1.68. The fourth-order valence-electron chi connectivity index (χ4n) is 4.55. The van der Waals surface area contributed by atoms with E-state index >= 15 is 0 Å². The molecule has 1 saturated heterocycles. The molecular formula is C23H22ClIN10O4S2. The number of rotatable bonds is 6. The second-order valence-electron chi connectivity index (χ2n) is 9.17. The van der Waals surface area contributed by atoms with Crippen molar-refractivity contribution in [2.24, 2.45) is 0 Å². The minimum absolute atomic E-state index is 0. The maximum absolute atomic E-state index is 13.7. The van der Waals surface area contributed by atoms with Crippen molar-refractivity contribution in [2.45, 2.75) is 24.5 Å². The van der Waals surface area contributed by atoms with Crippen molar-refractivity contribution in [1.29, 1.82) is 0 Å². The summed E-state index contributed by atoms with van der Waals surface area (Å²) in [5, 5.41) is 17.5. The zero-order chi connectivity index (χ0) is 28.0. The first-order valence-corrected chi connectivity index (χ1v) is 14.7. The Morgan fingerprint density at radius 2 is 2.07 bits per heavy atom. The van der Waals surface area contributed by atoms with Crippen LogP contribution in [0.2, 0.25) is 5.02 Å². The van der Waals surface area contributed by atoms with Gasteiger partial charge in [-0.2, -0.15) is 14.5 Å². The molecule has 1 aliphatic heterocycles. The molecule has 41 heavy (non-hydrogen) atoms. The number of pyridine rings is 1. The third-order valence-electron chi connectivity index (χ3n) is 6.55. The van der Waals surface area contributed by atoms with Gasteiger partial charge in [-0.1, -0.05) is 28.2 Å². The van der Waals surface area contributed by atoms with E-state index in [1.807, 2.05) is 13.0 Å². The predicted octanol–water partition coefficient (Wildman–Crippen LogP) is -2.10. The number of nitrogens with zero attached hydrogens (tertiary/aromatic N) is 6. The van der Waals surface area contributed by atoms with Gasteiger partial charge in [-0.25, -0.2) is 8.42 Å². The number of piperazine rings is 1. The summed E-state index contributed by atoms with van der Waals surface area (Å²) in [5.74, 6) is -0.736. The van der Waals surface area contributed by atoms with Gasteiger partial charge < -0.3 is 39.2 Å². The number of carbonyl (C=O) groups is 2. The second kappa shape index (κ2) is 11.6. The van der Waals surface area contributed by atoms with E-state index in [1.165, 1.54) is 26.6 Å². The van der Waals surface area contributed by atoms with Crippen LogP contribution in [0.3, 0.4) is 0 Å². The third-order valence-corrected chi connectivity index (χ3v) is 9.60. The van der Waals surface area contributed by atoms with Crippen molar-refractivity contribution in [1.82, 2.24) is 45.1 Å². The second-order valence-corrected chi connectivity index (χ2v) is 12.6. The van der Waals surface area contributed by atoms with Crippen molar-refractivity contribution >= 4 is 65.9 Å². The molecule has 0 aliphatic carbocycles. The van der Waals surface area contributed by atoms with Gasteiger partial charge in [-0.15, -0.1) is 10.2 Å². The van der Waals surface area contributed by atoms with Crippen LogP contribution in [0.4, 0.5) is 0 Å². The lowest BCUT2D eigenvalue weighted by atomic mass is 10.1. The molecule has 0 bridgehead atoms. The number of tetrazole rings is 1. The lowest BCUT2D eigenvalue weighted by molar-refractivity contribution is -0.343. The van der Waals surface area contributed by atoms with Crippen LogP contribution in [-0.4, -0.2) is 85.7 Å². The number of hydrogen-bond acceptors (Lipinski definition) is 9. The molecule has 1 unspecified atom stereocenters. The predicted molar refractivity (Wildman–Crippen MR) is 144 cm³/mol. The SMILES string of the molecule is Cc1cc2[nH+]c(C(=O)N3CCN(S(=O)(=O)c4cc5cc(Cl)ccc5[nH]4)CC3C(=O)NCc3nn[nH]n3)sc2cn1.[I-]. The van der Waals surface area contributed by atoms with E-state index in [4.69, 9.17) is 11.6 Å². The number of H-pyrrole nitrogens is 3. The Balaban J connectivity index is 0.00000337. The van der Waals surface area contributed by atoms with E-state index in [1.54, 1.807) is 24.4 Å². The molecule has 0 spiro atoms. The fraction of sp³-hybridized carbons (Fsp3) is 0.261. The number of thiazole rings is 1. The Bertz CT molecular complexity index is 1860. The third kappa shape index (κ3) is 5.76. The molecule has 18 heteroatoms. The van der Waals surface area contributed by atoms with Crippen LogP contribution in [0.25, 0.3) is 21.1 Å². The van der Waals surface area contributed by atoms with Gasteiger partial charge in [0.2, 0.25) is 11.4 Å². The van der Waals surface area contributed by atoms with Crippen LogP contribution in [0, 0.1) is 6.92 Å². The average molecular weight is 729 g/mol. The van der Waals surface area contributed by atoms with Gasteiger partial charge in [0.25, 0.3) is 10.0 Å². The number of benzene rings is 1. The number of halogens is 2. The maximum Gasteiger partial charge on any atom is 0.330 e. The van der Waals surface area contributed by atoms with Gasteiger partial charge in [0, 0.05) is 47.3 Å².